The minimum absolute atomic E-state index is 0.00472. The Balaban J connectivity index is 1.46. The molecule has 0 radical (unpaired) electrons. The fourth-order valence-corrected chi connectivity index (χ4v) is 4.96. The molecule has 1 aromatic carbocycles. The number of hydrogen-bond donors (Lipinski definition) is 1. The number of aromatic amines is 1. The first kappa shape index (κ1) is 17.9. The Morgan fingerprint density at radius 1 is 1.21 bits per heavy atom. The largest absolute Gasteiger partial charge is 0.381 e. The molecule has 2 fully saturated rings. The van der Waals surface area contributed by atoms with E-state index in [1.807, 2.05) is 6.07 Å². The Morgan fingerprint density at radius 2 is 2.00 bits per heavy atom. The lowest BCUT2D eigenvalue weighted by molar-refractivity contribution is -0.139. The van der Waals surface area contributed by atoms with Gasteiger partial charge in [0.15, 0.2) is 0 Å². The zero-order valence-electron chi connectivity index (χ0n) is 17.0. The van der Waals surface area contributed by atoms with Crippen molar-refractivity contribution in [3.8, 4) is 0 Å². The number of nitrogens with one attached hydrogen (secondary N) is 1. The molecule has 0 bridgehead atoms. The van der Waals surface area contributed by atoms with Crippen LogP contribution < -0.4 is 0 Å². The average Bonchev–Trinajstić information content (AvgIpc) is 3.30. The predicted octanol–water partition coefficient (Wildman–Crippen LogP) is 3.87. The highest BCUT2D eigenvalue weighted by atomic mass is 16.5. The molecule has 28 heavy (non-hydrogen) atoms. The number of ether oxygens (including phenoxy) is 1. The van der Waals surface area contributed by atoms with Crippen LogP contribution in [0.1, 0.15) is 50.9 Å². The van der Waals surface area contributed by atoms with E-state index in [1.54, 1.807) is 0 Å². The van der Waals surface area contributed by atoms with Crippen LogP contribution in [0.25, 0.3) is 10.9 Å². The lowest BCUT2D eigenvalue weighted by Crippen LogP contribution is -2.59. The SMILES string of the molecule is CC(C)(C)n1cc(C2N(Cc3[nH]nc4ccccc34)CC23CCOCC3)cn1. The number of rotatable bonds is 3. The third-order valence-electron chi connectivity index (χ3n) is 6.46. The first-order chi connectivity index (χ1) is 13.5. The van der Waals surface area contributed by atoms with Crippen molar-refractivity contribution in [2.45, 2.75) is 51.7 Å². The summed E-state index contributed by atoms with van der Waals surface area (Å²) in [5.74, 6) is 0. The highest BCUT2D eigenvalue weighted by Crippen LogP contribution is 2.55. The second kappa shape index (κ2) is 6.42. The van der Waals surface area contributed by atoms with Crippen molar-refractivity contribution in [3.63, 3.8) is 0 Å². The standard InChI is InChI=1S/C22H29N5O/c1-21(2,3)27-13-16(12-23-27)20-22(8-10-28-11-9-22)15-26(20)14-19-17-6-4-5-7-18(17)24-25-19/h4-7,12-13,20H,8-11,14-15H2,1-3H3,(H,24,25). The molecule has 0 saturated carbocycles. The van der Waals surface area contributed by atoms with E-state index in [9.17, 15) is 0 Å². The van der Waals surface area contributed by atoms with Gasteiger partial charge in [0.1, 0.15) is 0 Å². The minimum Gasteiger partial charge on any atom is -0.381 e. The Bertz CT molecular complexity index is 976. The molecule has 0 amide bonds. The number of aromatic nitrogens is 4. The van der Waals surface area contributed by atoms with Crippen LogP contribution in [0.5, 0.6) is 0 Å². The molecular weight excluding hydrogens is 350 g/mol. The van der Waals surface area contributed by atoms with Crippen molar-refractivity contribution in [1.82, 2.24) is 24.9 Å². The van der Waals surface area contributed by atoms with Gasteiger partial charge in [-0.05, 0) is 39.7 Å². The van der Waals surface area contributed by atoms with Crippen molar-refractivity contribution >= 4 is 10.9 Å². The molecule has 0 aliphatic carbocycles. The Labute approximate surface area is 165 Å². The van der Waals surface area contributed by atoms with Gasteiger partial charge in [0.25, 0.3) is 0 Å². The summed E-state index contributed by atoms with van der Waals surface area (Å²) in [6.07, 6.45) is 6.57. The fourth-order valence-electron chi connectivity index (χ4n) is 4.96. The lowest BCUT2D eigenvalue weighted by atomic mass is 9.64. The van der Waals surface area contributed by atoms with Crippen molar-refractivity contribution in [2.75, 3.05) is 19.8 Å². The quantitative estimate of drug-likeness (QED) is 0.751. The molecule has 1 spiro atoms. The van der Waals surface area contributed by atoms with E-state index in [-0.39, 0.29) is 5.54 Å². The van der Waals surface area contributed by atoms with E-state index < -0.39 is 0 Å². The van der Waals surface area contributed by atoms with Gasteiger partial charge >= 0.3 is 0 Å². The Kier molecular flexibility index (Phi) is 4.10. The molecule has 2 aliphatic rings. The topological polar surface area (TPSA) is 59.0 Å². The Morgan fingerprint density at radius 3 is 2.75 bits per heavy atom. The van der Waals surface area contributed by atoms with Crippen LogP contribution in [0.3, 0.4) is 0 Å². The van der Waals surface area contributed by atoms with Crippen LogP contribution in [-0.2, 0) is 16.8 Å². The molecule has 1 N–H and O–H groups in total. The first-order valence-corrected chi connectivity index (χ1v) is 10.3. The molecule has 1 atom stereocenters. The second-order valence-electron chi connectivity index (χ2n) is 9.39. The van der Waals surface area contributed by atoms with Gasteiger partial charge in [0, 0.05) is 54.9 Å². The zero-order valence-corrected chi connectivity index (χ0v) is 17.0. The van der Waals surface area contributed by atoms with Gasteiger partial charge in [-0.2, -0.15) is 10.2 Å². The van der Waals surface area contributed by atoms with Gasteiger partial charge in [-0.3, -0.25) is 14.7 Å². The Hall–Kier alpha value is -2.18. The zero-order chi connectivity index (χ0) is 19.4. The maximum atomic E-state index is 5.69. The molecule has 2 saturated heterocycles. The third kappa shape index (κ3) is 2.86. The van der Waals surface area contributed by atoms with Gasteiger partial charge in [-0.15, -0.1) is 0 Å². The fraction of sp³-hybridized carbons (Fsp3) is 0.545. The van der Waals surface area contributed by atoms with Gasteiger partial charge in [-0.1, -0.05) is 18.2 Å². The van der Waals surface area contributed by atoms with E-state index in [1.165, 1.54) is 16.6 Å². The van der Waals surface area contributed by atoms with E-state index in [0.29, 0.717) is 11.5 Å². The highest BCUT2D eigenvalue weighted by molar-refractivity contribution is 5.81. The lowest BCUT2D eigenvalue weighted by Gasteiger charge is -2.59. The molecule has 6 heteroatoms. The second-order valence-corrected chi connectivity index (χ2v) is 9.39. The molecule has 4 heterocycles. The van der Waals surface area contributed by atoms with E-state index >= 15 is 0 Å². The van der Waals surface area contributed by atoms with Crippen LogP contribution in [-0.4, -0.2) is 44.6 Å². The molecular formula is C22H29N5O. The summed E-state index contributed by atoms with van der Waals surface area (Å²) < 4.78 is 7.78. The summed E-state index contributed by atoms with van der Waals surface area (Å²) in [7, 11) is 0. The molecule has 2 aliphatic heterocycles. The van der Waals surface area contributed by atoms with Crippen LogP contribution in [0.15, 0.2) is 36.7 Å². The summed E-state index contributed by atoms with van der Waals surface area (Å²) in [5.41, 5.74) is 3.86. The number of nitrogens with zero attached hydrogens (tertiary/aromatic N) is 4. The molecule has 148 valence electrons. The summed E-state index contributed by atoms with van der Waals surface area (Å²) >= 11 is 0. The van der Waals surface area contributed by atoms with Gasteiger partial charge < -0.3 is 4.74 Å². The molecule has 2 aromatic heterocycles. The van der Waals surface area contributed by atoms with Gasteiger partial charge in [0.2, 0.25) is 0 Å². The van der Waals surface area contributed by atoms with Gasteiger partial charge in [-0.25, -0.2) is 0 Å². The van der Waals surface area contributed by atoms with Crippen molar-refractivity contribution in [2.24, 2.45) is 5.41 Å². The molecule has 1 unspecified atom stereocenters. The first-order valence-electron chi connectivity index (χ1n) is 10.3. The summed E-state index contributed by atoms with van der Waals surface area (Å²) in [5, 5.41) is 13.7. The molecule has 6 nitrogen and oxygen atoms in total. The number of likely N-dealkylation sites (tertiary alicyclic amines) is 1. The maximum Gasteiger partial charge on any atom is 0.0924 e. The number of para-hydroxylation sites is 1. The number of benzene rings is 1. The number of H-pyrrole nitrogens is 1. The van der Waals surface area contributed by atoms with Gasteiger partial charge in [0.05, 0.1) is 22.9 Å². The third-order valence-corrected chi connectivity index (χ3v) is 6.46. The van der Waals surface area contributed by atoms with Crippen LogP contribution in [0.2, 0.25) is 0 Å². The van der Waals surface area contributed by atoms with Crippen molar-refractivity contribution in [1.29, 1.82) is 0 Å². The van der Waals surface area contributed by atoms with E-state index in [4.69, 9.17) is 4.74 Å². The normalized spacial score (nSPS) is 22.6. The van der Waals surface area contributed by atoms with Crippen molar-refractivity contribution < 1.29 is 4.74 Å². The van der Waals surface area contributed by atoms with Crippen molar-refractivity contribution in [3.05, 3.63) is 47.9 Å². The highest BCUT2D eigenvalue weighted by Gasteiger charge is 2.53. The maximum absolute atomic E-state index is 5.69. The van der Waals surface area contributed by atoms with Crippen LogP contribution in [0.4, 0.5) is 0 Å². The van der Waals surface area contributed by atoms with E-state index in [2.05, 4.69) is 76.2 Å². The summed E-state index contributed by atoms with van der Waals surface area (Å²) in [6.45, 7) is 10.3. The smallest absolute Gasteiger partial charge is 0.0924 e. The summed E-state index contributed by atoms with van der Waals surface area (Å²) in [4.78, 5) is 2.58. The molecule has 3 aromatic rings. The predicted molar refractivity (Wildman–Crippen MR) is 109 cm³/mol. The van der Waals surface area contributed by atoms with E-state index in [0.717, 1.165) is 44.7 Å². The number of hydrogen-bond acceptors (Lipinski definition) is 4. The van der Waals surface area contributed by atoms with Crippen LogP contribution in [0, 0.1) is 5.41 Å². The average molecular weight is 380 g/mol. The number of fused-ring (bicyclic) bond motifs is 1. The minimum atomic E-state index is -0.00472. The molecule has 5 rings (SSSR count). The monoisotopic (exact) mass is 379 g/mol. The summed E-state index contributed by atoms with van der Waals surface area (Å²) in [6, 6.07) is 8.73. The van der Waals surface area contributed by atoms with Crippen LogP contribution >= 0.6 is 0 Å².